The number of aryl methyl sites for hydroxylation is 1. The fourth-order valence-electron chi connectivity index (χ4n) is 1.77. The van der Waals surface area contributed by atoms with E-state index in [2.05, 4.69) is 42.5 Å². The Bertz CT molecular complexity index is 446. The van der Waals surface area contributed by atoms with Crippen LogP contribution in [0.25, 0.3) is 10.8 Å². The molecule has 0 saturated heterocycles. The highest BCUT2D eigenvalue weighted by molar-refractivity contribution is 5.82. The van der Waals surface area contributed by atoms with Crippen molar-refractivity contribution in [2.75, 3.05) is 0 Å². The minimum atomic E-state index is -0.212. The number of aliphatic hydroxyl groups is 1. The molecule has 1 N–H and O–H groups in total. The average Bonchev–Trinajstić information content (AvgIpc) is 2.26. The summed E-state index contributed by atoms with van der Waals surface area (Å²) in [4.78, 5) is 0. The molecule has 0 bridgehead atoms. The maximum atomic E-state index is 9.23. The molecule has 0 saturated carbocycles. The van der Waals surface area contributed by atoms with Crippen molar-refractivity contribution in [2.24, 2.45) is 0 Å². The molecule has 0 heterocycles. The summed E-state index contributed by atoms with van der Waals surface area (Å²) in [5, 5.41) is 11.8. The third-order valence-electron chi connectivity index (χ3n) is 2.66. The highest BCUT2D eigenvalue weighted by atomic mass is 16.3. The molecule has 0 spiro atoms. The molecule has 1 atom stereocenters. The summed E-state index contributed by atoms with van der Waals surface area (Å²) in [7, 11) is 0. The normalized spacial score (nSPS) is 12.9. The van der Waals surface area contributed by atoms with Gasteiger partial charge in [0.15, 0.2) is 0 Å². The second-order valence-electron chi connectivity index (χ2n) is 4.07. The SMILES string of the molecule is C[C@@H](O)CCc1ccc2ccccc2c1. The molecule has 1 heteroatoms. The van der Waals surface area contributed by atoms with Crippen LogP contribution in [-0.4, -0.2) is 11.2 Å². The van der Waals surface area contributed by atoms with E-state index >= 15 is 0 Å². The lowest BCUT2D eigenvalue weighted by Crippen LogP contribution is -2.01. The van der Waals surface area contributed by atoms with E-state index < -0.39 is 0 Å². The molecule has 1 nitrogen and oxygen atoms in total. The van der Waals surface area contributed by atoms with E-state index in [9.17, 15) is 5.11 Å². The molecule has 0 aliphatic rings. The predicted octanol–water partition coefficient (Wildman–Crippen LogP) is 3.15. The lowest BCUT2D eigenvalue weighted by atomic mass is 10.0. The maximum Gasteiger partial charge on any atom is 0.0515 e. The topological polar surface area (TPSA) is 20.2 Å². The highest BCUT2D eigenvalue weighted by Crippen LogP contribution is 2.16. The van der Waals surface area contributed by atoms with Gasteiger partial charge in [0, 0.05) is 0 Å². The fourth-order valence-corrected chi connectivity index (χ4v) is 1.77. The molecule has 2 rings (SSSR count). The summed E-state index contributed by atoms with van der Waals surface area (Å²) < 4.78 is 0. The lowest BCUT2D eigenvalue weighted by Gasteiger charge is -2.05. The lowest BCUT2D eigenvalue weighted by molar-refractivity contribution is 0.185. The smallest absolute Gasteiger partial charge is 0.0515 e. The van der Waals surface area contributed by atoms with Gasteiger partial charge in [-0.25, -0.2) is 0 Å². The summed E-state index contributed by atoms with van der Waals surface area (Å²) in [5.41, 5.74) is 1.30. The quantitative estimate of drug-likeness (QED) is 0.807. The van der Waals surface area contributed by atoms with Crippen molar-refractivity contribution in [1.82, 2.24) is 0 Å². The Morgan fingerprint density at radius 1 is 1.07 bits per heavy atom. The number of hydrogen-bond donors (Lipinski definition) is 1. The van der Waals surface area contributed by atoms with Gasteiger partial charge in [-0.3, -0.25) is 0 Å². The van der Waals surface area contributed by atoms with Gasteiger partial charge in [0.05, 0.1) is 6.10 Å². The summed E-state index contributed by atoms with van der Waals surface area (Å²) in [6, 6.07) is 14.8. The van der Waals surface area contributed by atoms with E-state index in [0.717, 1.165) is 12.8 Å². The Kier molecular flexibility index (Phi) is 3.02. The second-order valence-corrected chi connectivity index (χ2v) is 4.07. The van der Waals surface area contributed by atoms with Crippen LogP contribution in [0.5, 0.6) is 0 Å². The first-order valence-electron chi connectivity index (χ1n) is 5.41. The molecule has 0 aromatic heterocycles. The van der Waals surface area contributed by atoms with Gasteiger partial charge in [-0.1, -0.05) is 42.5 Å². The highest BCUT2D eigenvalue weighted by Gasteiger charge is 1.99. The van der Waals surface area contributed by atoms with Crippen LogP contribution >= 0.6 is 0 Å². The molecule has 78 valence electrons. The number of hydrogen-bond acceptors (Lipinski definition) is 1. The van der Waals surface area contributed by atoms with Crippen molar-refractivity contribution in [3.8, 4) is 0 Å². The molecular formula is C14H16O. The van der Waals surface area contributed by atoms with Gasteiger partial charge >= 0.3 is 0 Å². The summed E-state index contributed by atoms with van der Waals surface area (Å²) in [6.07, 6.45) is 1.57. The first-order valence-corrected chi connectivity index (χ1v) is 5.41. The van der Waals surface area contributed by atoms with Gasteiger partial charge in [-0.05, 0) is 36.1 Å². The van der Waals surface area contributed by atoms with E-state index in [4.69, 9.17) is 0 Å². The van der Waals surface area contributed by atoms with Crippen LogP contribution < -0.4 is 0 Å². The molecular weight excluding hydrogens is 184 g/mol. The number of aliphatic hydroxyl groups excluding tert-OH is 1. The Labute approximate surface area is 90.4 Å². The van der Waals surface area contributed by atoms with Gasteiger partial charge in [0.1, 0.15) is 0 Å². The minimum absolute atomic E-state index is 0.212. The van der Waals surface area contributed by atoms with Crippen LogP contribution in [0.4, 0.5) is 0 Å². The molecule has 0 aliphatic carbocycles. The van der Waals surface area contributed by atoms with Crippen molar-refractivity contribution in [3.63, 3.8) is 0 Å². The van der Waals surface area contributed by atoms with Crippen molar-refractivity contribution >= 4 is 10.8 Å². The van der Waals surface area contributed by atoms with Crippen LogP contribution in [0.15, 0.2) is 42.5 Å². The number of rotatable bonds is 3. The van der Waals surface area contributed by atoms with Gasteiger partial charge in [-0.15, -0.1) is 0 Å². The third kappa shape index (κ3) is 2.57. The van der Waals surface area contributed by atoms with Crippen LogP contribution in [0.1, 0.15) is 18.9 Å². The molecule has 0 amide bonds. The molecule has 2 aromatic rings. The third-order valence-corrected chi connectivity index (χ3v) is 2.66. The standard InChI is InChI=1S/C14H16O/c1-11(15)6-7-12-8-9-13-4-2-3-5-14(13)10-12/h2-5,8-11,15H,6-7H2,1H3/t11-/m1/s1. The zero-order valence-corrected chi connectivity index (χ0v) is 8.98. The van der Waals surface area contributed by atoms with E-state index in [0.29, 0.717) is 0 Å². The van der Waals surface area contributed by atoms with Crippen LogP contribution in [0, 0.1) is 0 Å². The largest absolute Gasteiger partial charge is 0.393 e. The molecule has 2 aromatic carbocycles. The summed E-state index contributed by atoms with van der Waals surface area (Å²) >= 11 is 0. The number of fused-ring (bicyclic) bond motifs is 1. The van der Waals surface area contributed by atoms with Crippen molar-refractivity contribution in [3.05, 3.63) is 48.0 Å². The van der Waals surface area contributed by atoms with Crippen LogP contribution in [0.3, 0.4) is 0 Å². The van der Waals surface area contributed by atoms with Crippen molar-refractivity contribution in [1.29, 1.82) is 0 Å². The molecule has 0 aliphatic heterocycles. The number of benzene rings is 2. The van der Waals surface area contributed by atoms with Crippen LogP contribution in [0.2, 0.25) is 0 Å². The minimum Gasteiger partial charge on any atom is -0.393 e. The first-order chi connectivity index (χ1) is 7.25. The molecule has 15 heavy (non-hydrogen) atoms. The summed E-state index contributed by atoms with van der Waals surface area (Å²) in [6.45, 7) is 1.83. The van der Waals surface area contributed by atoms with Crippen LogP contribution in [-0.2, 0) is 6.42 Å². The second kappa shape index (κ2) is 4.45. The Hall–Kier alpha value is -1.34. The Balaban J connectivity index is 2.23. The first kappa shape index (κ1) is 10.2. The molecule has 0 unspecified atom stereocenters. The van der Waals surface area contributed by atoms with E-state index in [-0.39, 0.29) is 6.10 Å². The Morgan fingerprint density at radius 2 is 1.80 bits per heavy atom. The Morgan fingerprint density at radius 3 is 2.53 bits per heavy atom. The zero-order chi connectivity index (χ0) is 10.7. The summed E-state index contributed by atoms with van der Waals surface area (Å²) in [5.74, 6) is 0. The van der Waals surface area contributed by atoms with E-state index in [1.165, 1.54) is 16.3 Å². The van der Waals surface area contributed by atoms with Crippen molar-refractivity contribution in [2.45, 2.75) is 25.9 Å². The molecule has 0 fully saturated rings. The maximum absolute atomic E-state index is 9.23. The van der Waals surface area contributed by atoms with E-state index in [1.807, 2.05) is 6.92 Å². The zero-order valence-electron chi connectivity index (χ0n) is 8.98. The predicted molar refractivity (Wildman–Crippen MR) is 63.9 cm³/mol. The molecule has 0 radical (unpaired) electrons. The van der Waals surface area contributed by atoms with Crippen molar-refractivity contribution < 1.29 is 5.11 Å². The van der Waals surface area contributed by atoms with E-state index in [1.54, 1.807) is 0 Å². The van der Waals surface area contributed by atoms with Gasteiger partial charge in [-0.2, -0.15) is 0 Å². The van der Waals surface area contributed by atoms with Gasteiger partial charge in [0.2, 0.25) is 0 Å². The van der Waals surface area contributed by atoms with Gasteiger partial charge < -0.3 is 5.11 Å². The average molecular weight is 200 g/mol. The van der Waals surface area contributed by atoms with Gasteiger partial charge in [0.25, 0.3) is 0 Å². The fraction of sp³-hybridized carbons (Fsp3) is 0.286. The monoisotopic (exact) mass is 200 g/mol.